The van der Waals surface area contributed by atoms with E-state index in [0.717, 1.165) is 0 Å². The fourth-order valence-electron chi connectivity index (χ4n) is 2.23. The van der Waals surface area contributed by atoms with Crippen LogP contribution in [0.5, 0.6) is 0 Å². The molecule has 0 fully saturated rings. The van der Waals surface area contributed by atoms with Crippen LogP contribution in [0.1, 0.15) is 55.4 Å². The molecule has 0 bridgehead atoms. The SMILES string of the molecule is CCOC(=O)CNC(=O)[C@@H](NC(=O)[C@@H](NC(=O)OC(C)(C)C)C(C)C)C(C)C. The summed E-state index contributed by atoms with van der Waals surface area (Å²) in [5.74, 6) is -2.04. The third kappa shape index (κ3) is 10.1. The van der Waals surface area contributed by atoms with Crippen LogP contribution >= 0.6 is 0 Å². The van der Waals surface area contributed by atoms with Gasteiger partial charge < -0.3 is 25.4 Å². The third-order valence-electron chi connectivity index (χ3n) is 3.58. The Labute approximate surface area is 167 Å². The zero-order valence-corrected chi connectivity index (χ0v) is 18.2. The van der Waals surface area contributed by atoms with Gasteiger partial charge in [-0.3, -0.25) is 14.4 Å². The van der Waals surface area contributed by atoms with E-state index >= 15 is 0 Å². The summed E-state index contributed by atoms with van der Waals surface area (Å²) in [7, 11) is 0. The maximum Gasteiger partial charge on any atom is 0.408 e. The van der Waals surface area contributed by atoms with Crippen molar-refractivity contribution in [3.05, 3.63) is 0 Å². The van der Waals surface area contributed by atoms with Crippen LogP contribution in [0.3, 0.4) is 0 Å². The molecule has 28 heavy (non-hydrogen) atoms. The van der Waals surface area contributed by atoms with Crippen molar-refractivity contribution in [3.8, 4) is 0 Å². The van der Waals surface area contributed by atoms with E-state index in [2.05, 4.69) is 16.0 Å². The highest BCUT2D eigenvalue weighted by Gasteiger charge is 2.31. The predicted octanol–water partition coefficient (Wildman–Crippen LogP) is 1.36. The molecule has 2 atom stereocenters. The number of carbonyl (C=O) groups excluding carboxylic acids is 4. The van der Waals surface area contributed by atoms with E-state index in [0.29, 0.717) is 0 Å². The highest BCUT2D eigenvalue weighted by molar-refractivity contribution is 5.92. The maximum atomic E-state index is 12.7. The zero-order chi connectivity index (χ0) is 22.1. The number of nitrogens with one attached hydrogen (secondary N) is 3. The number of hydrogen-bond acceptors (Lipinski definition) is 6. The number of esters is 1. The van der Waals surface area contributed by atoms with Crippen LogP contribution in [0.15, 0.2) is 0 Å². The molecule has 0 aliphatic rings. The Morgan fingerprint density at radius 2 is 1.36 bits per heavy atom. The minimum Gasteiger partial charge on any atom is -0.465 e. The van der Waals surface area contributed by atoms with Crippen LogP contribution in [0, 0.1) is 11.8 Å². The Hall–Kier alpha value is -2.32. The van der Waals surface area contributed by atoms with Crippen LogP contribution in [0.2, 0.25) is 0 Å². The van der Waals surface area contributed by atoms with Gasteiger partial charge in [0, 0.05) is 0 Å². The van der Waals surface area contributed by atoms with E-state index in [1.165, 1.54) is 0 Å². The lowest BCUT2D eigenvalue weighted by Crippen LogP contribution is -2.57. The molecule has 0 aliphatic carbocycles. The zero-order valence-electron chi connectivity index (χ0n) is 18.2. The first-order valence-corrected chi connectivity index (χ1v) is 9.51. The first-order valence-electron chi connectivity index (χ1n) is 9.51. The molecule has 0 spiro atoms. The molecule has 0 unspecified atom stereocenters. The number of ether oxygens (including phenoxy) is 2. The number of alkyl carbamates (subject to hydrolysis) is 1. The van der Waals surface area contributed by atoms with Gasteiger partial charge in [-0.2, -0.15) is 0 Å². The van der Waals surface area contributed by atoms with Gasteiger partial charge in [0.25, 0.3) is 0 Å². The van der Waals surface area contributed by atoms with Crippen LogP contribution < -0.4 is 16.0 Å². The highest BCUT2D eigenvalue weighted by atomic mass is 16.6. The molecule has 0 aromatic rings. The van der Waals surface area contributed by atoms with E-state index in [-0.39, 0.29) is 25.0 Å². The number of hydrogen-bond donors (Lipinski definition) is 3. The Morgan fingerprint density at radius 1 is 0.857 bits per heavy atom. The van der Waals surface area contributed by atoms with Crippen molar-refractivity contribution in [2.45, 2.75) is 73.1 Å². The number of amides is 3. The van der Waals surface area contributed by atoms with Gasteiger partial charge >= 0.3 is 12.1 Å². The summed E-state index contributed by atoms with van der Waals surface area (Å²) in [6, 6.07) is -1.75. The summed E-state index contributed by atoms with van der Waals surface area (Å²) in [6.45, 7) is 13.8. The minimum absolute atomic E-state index is 0.214. The largest absolute Gasteiger partial charge is 0.465 e. The number of rotatable bonds is 9. The topological polar surface area (TPSA) is 123 Å². The molecule has 3 amide bonds. The Kier molecular flexibility index (Phi) is 10.6. The standard InChI is InChI=1S/C19H35N3O6/c1-9-27-13(23)10-20-16(24)14(11(2)3)21-17(25)15(12(4)5)22-18(26)28-19(6,7)8/h11-12,14-15H,9-10H2,1-8H3,(H,20,24)(H,21,25)(H,22,26)/t14-,15-/m0/s1. The van der Waals surface area contributed by atoms with Gasteiger partial charge in [0.1, 0.15) is 24.2 Å². The van der Waals surface area contributed by atoms with Crippen LogP contribution in [0.4, 0.5) is 4.79 Å². The molecule has 0 aromatic carbocycles. The molecule has 162 valence electrons. The lowest BCUT2D eigenvalue weighted by atomic mass is 10.00. The fraction of sp³-hybridized carbons (Fsp3) is 0.789. The monoisotopic (exact) mass is 401 g/mol. The lowest BCUT2D eigenvalue weighted by molar-refractivity contribution is -0.143. The third-order valence-corrected chi connectivity index (χ3v) is 3.58. The van der Waals surface area contributed by atoms with Crippen molar-refractivity contribution in [2.75, 3.05) is 13.2 Å². The molecule has 3 N–H and O–H groups in total. The quantitative estimate of drug-likeness (QED) is 0.501. The molecule has 0 heterocycles. The van der Waals surface area contributed by atoms with E-state index in [9.17, 15) is 19.2 Å². The molecule has 0 saturated carbocycles. The van der Waals surface area contributed by atoms with Crippen molar-refractivity contribution in [1.82, 2.24) is 16.0 Å². The van der Waals surface area contributed by atoms with E-state index < -0.39 is 41.6 Å². The summed E-state index contributed by atoms with van der Waals surface area (Å²) in [6.07, 6.45) is -0.714. The van der Waals surface area contributed by atoms with Crippen molar-refractivity contribution in [2.24, 2.45) is 11.8 Å². The normalized spacial score (nSPS) is 13.5. The molecule has 0 aromatic heterocycles. The van der Waals surface area contributed by atoms with Gasteiger partial charge in [0.05, 0.1) is 6.61 Å². The van der Waals surface area contributed by atoms with Gasteiger partial charge in [-0.1, -0.05) is 27.7 Å². The van der Waals surface area contributed by atoms with E-state index in [4.69, 9.17) is 9.47 Å². The summed E-state index contributed by atoms with van der Waals surface area (Å²) in [5.41, 5.74) is -0.699. The summed E-state index contributed by atoms with van der Waals surface area (Å²) < 4.78 is 9.96. The Morgan fingerprint density at radius 3 is 1.79 bits per heavy atom. The highest BCUT2D eigenvalue weighted by Crippen LogP contribution is 2.10. The van der Waals surface area contributed by atoms with Gasteiger partial charge in [-0.25, -0.2) is 4.79 Å². The van der Waals surface area contributed by atoms with Crippen molar-refractivity contribution >= 4 is 23.9 Å². The average molecular weight is 402 g/mol. The molecule has 9 heteroatoms. The number of carbonyl (C=O) groups is 4. The molecule has 9 nitrogen and oxygen atoms in total. The van der Waals surface area contributed by atoms with Gasteiger partial charge in [-0.15, -0.1) is 0 Å². The van der Waals surface area contributed by atoms with Crippen molar-refractivity contribution < 1.29 is 28.7 Å². The van der Waals surface area contributed by atoms with Crippen molar-refractivity contribution in [1.29, 1.82) is 0 Å². The first-order chi connectivity index (χ1) is 12.8. The minimum atomic E-state index is -0.881. The lowest BCUT2D eigenvalue weighted by Gasteiger charge is -2.28. The fourth-order valence-corrected chi connectivity index (χ4v) is 2.23. The summed E-state index contributed by atoms with van der Waals surface area (Å²) in [4.78, 5) is 48.5. The Balaban J connectivity index is 5.04. The smallest absolute Gasteiger partial charge is 0.408 e. The average Bonchev–Trinajstić information content (AvgIpc) is 2.53. The summed E-state index contributed by atoms with van der Waals surface area (Å²) in [5, 5.41) is 7.65. The van der Waals surface area contributed by atoms with Gasteiger partial charge in [0.2, 0.25) is 11.8 Å². The van der Waals surface area contributed by atoms with E-state index in [1.807, 2.05) is 0 Å². The van der Waals surface area contributed by atoms with E-state index in [1.54, 1.807) is 55.4 Å². The van der Waals surface area contributed by atoms with Crippen LogP contribution in [-0.4, -0.2) is 54.7 Å². The Bertz CT molecular complexity index is 554. The first kappa shape index (κ1) is 25.7. The predicted molar refractivity (Wildman–Crippen MR) is 104 cm³/mol. The van der Waals surface area contributed by atoms with Crippen LogP contribution in [0.25, 0.3) is 0 Å². The molecule has 0 saturated heterocycles. The summed E-state index contributed by atoms with van der Waals surface area (Å²) >= 11 is 0. The second-order valence-corrected chi connectivity index (χ2v) is 8.12. The van der Waals surface area contributed by atoms with Crippen molar-refractivity contribution in [3.63, 3.8) is 0 Å². The molecular weight excluding hydrogens is 366 g/mol. The molecule has 0 aliphatic heterocycles. The molecular formula is C19H35N3O6. The second kappa shape index (κ2) is 11.5. The van der Waals surface area contributed by atoms with Gasteiger partial charge in [-0.05, 0) is 39.5 Å². The maximum absolute atomic E-state index is 12.7. The van der Waals surface area contributed by atoms with Gasteiger partial charge in [0.15, 0.2) is 0 Å². The van der Waals surface area contributed by atoms with Crippen LogP contribution in [-0.2, 0) is 23.9 Å². The molecule has 0 radical (unpaired) electrons. The second-order valence-electron chi connectivity index (χ2n) is 8.12. The molecule has 0 rings (SSSR count).